The number of likely N-dealkylation sites (tertiary alicyclic amines) is 1. The fraction of sp³-hybridized carbons (Fsp3) is 0.286. The lowest BCUT2D eigenvalue weighted by atomic mass is 9.78. The van der Waals surface area contributed by atoms with E-state index in [2.05, 4.69) is 0 Å². The van der Waals surface area contributed by atoms with Crippen LogP contribution in [0, 0.1) is 11.8 Å². The van der Waals surface area contributed by atoms with Crippen LogP contribution in [0.1, 0.15) is 5.56 Å². The molecule has 7 rings (SSSR count). The largest absolute Gasteiger partial charge is 0.394 e. The number of halogens is 1. The molecule has 3 aromatic rings. The number of carbonyl (C=O) groups is 3. The SMILES string of the molecule is O=C1[C@@H]2[C@H]3C(=O)N([C@@H](CO)Cc4ccccc4)C4C(=O)N(c5ccccc5Cl)CC=C[C@@]43S[C@@H]2C=CCN1c1ccccc1. The Kier molecular flexibility index (Phi) is 7.60. The Morgan fingerprint density at radius 3 is 2.25 bits per heavy atom. The molecule has 0 aliphatic carbocycles. The molecule has 9 heteroatoms. The highest BCUT2D eigenvalue weighted by atomic mass is 35.5. The summed E-state index contributed by atoms with van der Waals surface area (Å²) in [4.78, 5) is 49.0. The topological polar surface area (TPSA) is 81.2 Å². The van der Waals surface area contributed by atoms with Crippen LogP contribution >= 0.6 is 23.4 Å². The number of benzene rings is 3. The van der Waals surface area contributed by atoms with Crippen LogP contribution in [-0.4, -0.2) is 69.5 Å². The second kappa shape index (κ2) is 11.6. The average molecular weight is 626 g/mol. The van der Waals surface area contributed by atoms with Gasteiger partial charge in [-0.15, -0.1) is 11.8 Å². The van der Waals surface area contributed by atoms with Crippen molar-refractivity contribution in [3.8, 4) is 0 Å². The molecular weight excluding hydrogens is 594 g/mol. The molecule has 1 spiro atoms. The van der Waals surface area contributed by atoms with E-state index in [4.69, 9.17) is 11.6 Å². The smallest absolute Gasteiger partial charge is 0.251 e. The van der Waals surface area contributed by atoms with Crippen molar-refractivity contribution >= 4 is 52.5 Å². The first kappa shape index (κ1) is 28.9. The van der Waals surface area contributed by atoms with Gasteiger partial charge in [-0.3, -0.25) is 14.4 Å². The zero-order chi connectivity index (χ0) is 30.4. The number of carbonyl (C=O) groups excluding carboxylic acids is 3. The quantitative estimate of drug-likeness (QED) is 0.400. The summed E-state index contributed by atoms with van der Waals surface area (Å²) in [5, 5.41) is 10.9. The van der Waals surface area contributed by atoms with Gasteiger partial charge in [-0.1, -0.05) is 96.6 Å². The molecule has 3 aromatic carbocycles. The van der Waals surface area contributed by atoms with E-state index < -0.39 is 28.7 Å². The monoisotopic (exact) mass is 625 g/mol. The first-order valence-electron chi connectivity index (χ1n) is 14.9. The van der Waals surface area contributed by atoms with Gasteiger partial charge in [-0.25, -0.2) is 0 Å². The van der Waals surface area contributed by atoms with Crippen molar-refractivity contribution < 1.29 is 19.5 Å². The van der Waals surface area contributed by atoms with Crippen LogP contribution in [0.5, 0.6) is 0 Å². The van der Waals surface area contributed by atoms with Crippen molar-refractivity contribution in [2.24, 2.45) is 11.8 Å². The van der Waals surface area contributed by atoms with Gasteiger partial charge in [0.2, 0.25) is 11.8 Å². The van der Waals surface area contributed by atoms with Crippen molar-refractivity contribution in [3.63, 3.8) is 0 Å². The van der Waals surface area contributed by atoms with Gasteiger partial charge < -0.3 is 19.8 Å². The zero-order valence-corrected chi connectivity index (χ0v) is 25.5. The number of fused-ring (bicyclic) bond motifs is 2. The first-order chi connectivity index (χ1) is 21.4. The molecule has 0 bridgehead atoms. The fourth-order valence-electron chi connectivity index (χ4n) is 7.33. The third kappa shape index (κ3) is 4.59. The predicted molar refractivity (Wildman–Crippen MR) is 174 cm³/mol. The molecule has 4 aliphatic rings. The molecule has 224 valence electrons. The Labute approximate surface area is 265 Å². The van der Waals surface area contributed by atoms with E-state index in [1.807, 2.05) is 97.1 Å². The highest BCUT2D eigenvalue weighted by molar-refractivity contribution is 8.02. The van der Waals surface area contributed by atoms with Crippen LogP contribution in [0.3, 0.4) is 0 Å². The van der Waals surface area contributed by atoms with Gasteiger partial charge in [0.1, 0.15) is 6.04 Å². The molecule has 7 nitrogen and oxygen atoms in total. The summed E-state index contributed by atoms with van der Waals surface area (Å²) in [6.45, 7) is 0.347. The molecule has 0 radical (unpaired) electrons. The number of para-hydroxylation sites is 2. The normalized spacial score (nSPS) is 28.4. The van der Waals surface area contributed by atoms with E-state index in [9.17, 15) is 19.5 Å². The van der Waals surface area contributed by atoms with E-state index >= 15 is 0 Å². The molecule has 2 fully saturated rings. The highest BCUT2D eigenvalue weighted by Crippen LogP contribution is 2.61. The van der Waals surface area contributed by atoms with E-state index in [0.717, 1.165) is 11.3 Å². The average Bonchev–Trinajstić information content (AvgIpc) is 3.36. The molecule has 1 N–H and O–H groups in total. The third-order valence-electron chi connectivity index (χ3n) is 9.23. The van der Waals surface area contributed by atoms with Gasteiger partial charge >= 0.3 is 0 Å². The molecule has 4 heterocycles. The molecule has 1 unspecified atom stereocenters. The summed E-state index contributed by atoms with van der Waals surface area (Å²) in [6.07, 6.45) is 8.30. The number of amides is 3. The number of rotatable bonds is 6. The Balaban J connectivity index is 1.35. The molecule has 3 amide bonds. The summed E-state index contributed by atoms with van der Waals surface area (Å²) in [5.41, 5.74) is 2.27. The predicted octanol–water partition coefficient (Wildman–Crippen LogP) is 4.75. The first-order valence-corrected chi connectivity index (χ1v) is 16.1. The van der Waals surface area contributed by atoms with Crippen LogP contribution in [0.2, 0.25) is 5.02 Å². The van der Waals surface area contributed by atoms with Crippen LogP contribution in [0.15, 0.2) is 109 Å². The maximum Gasteiger partial charge on any atom is 0.251 e. The fourth-order valence-corrected chi connectivity index (χ4v) is 9.56. The third-order valence-corrected chi connectivity index (χ3v) is 11.3. The number of aliphatic hydroxyl groups is 1. The van der Waals surface area contributed by atoms with Crippen molar-refractivity contribution in [1.82, 2.24) is 4.90 Å². The second-order valence-corrected chi connectivity index (χ2v) is 13.5. The van der Waals surface area contributed by atoms with Gasteiger partial charge in [-0.2, -0.15) is 0 Å². The summed E-state index contributed by atoms with van der Waals surface area (Å²) in [7, 11) is 0. The standard InChI is InChI=1S/C35H32ClN3O4S/c36-26-15-7-8-16-27(26)38-20-10-18-35-30(29-28(44-35)17-9-19-37(32(29)41)24-13-5-2-6-14-24)33(42)39(31(35)34(38)43)25(22-40)21-23-11-3-1-4-12-23/h1-18,25,28-31,40H,19-22H2/t25-,28-,29+,30+,31?,35+/m1/s1. The molecular formula is C35H32ClN3O4S. The minimum atomic E-state index is -1.01. The van der Waals surface area contributed by atoms with Crippen molar-refractivity contribution in [2.75, 3.05) is 29.5 Å². The summed E-state index contributed by atoms with van der Waals surface area (Å²) in [5.74, 6) is -2.16. The van der Waals surface area contributed by atoms with Gasteiger partial charge in [0, 0.05) is 24.0 Å². The lowest BCUT2D eigenvalue weighted by Crippen LogP contribution is -2.57. The molecule has 0 aromatic heterocycles. The van der Waals surface area contributed by atoms with Crippen molar-refractivity contribution in [2.45, 2.75) is 28.5 Å². The summed E-state index contributed by atoms with van der Waals surface area (Å²) < 4.78 is -1.01. The molecule has 0 saturated carbocycles. The molecule has 6 atom stereocenters. The van der Waals surface area contributed by atoms with Crippen LogP contribution in [-0.2, 0) is 20.8 Å². The van der Waals surface area contributed by atoms with Crippen LogP contribution in [0.4, 0.5) is 11.4 Å². The minimum Gasteiger partial charge on any atom is -0.394 e. The number of nitrogens with zero attached hydrogens (tertiary/aromatic N) is 3. The maximum atomic E-state index is 14.8. The lowest BCUT2D eigenvalue weighted by molar-refractivity contribution is -0.141. The van der Waals surface area contributed by atoms with Gasteiger partial charge in [0.15, 0.2) is 0 Å². The van der Waals surface area contributed by atoms with Crippen molar-refractivity contribution in [1.29, 1.82) is 0 Å². The van der Waals surface area contributed by atoms with Crippen molar-refractivity contribution in [3.05, 3.63) is 120 Å². The highest BCUT2D eigenvalue weighted by Gasteiger charge is 2.71. The van der Waals surface area contributed by atoms with E-state index in [1.54, 1.807) is 26.8 Å². The van der Waals surface area contributed by atoms with Crippen LogP contribution < -0.4 is 9.80 Å². The van der Waals surface area contributed by atoms with Gasteiger partial charge in [0.05, 0.1) is 39.9 Å². The van der Waals surface area contributed by atoms with Crippen LogP contribution in [0.25, 0.3) is 0 Å². The maximum absolute atomic E-state index is 14.8. The lowest BCUT2D eigenvalue weighted by Gasteiger charge is -2.38. The Hall–Kier alpha value is -3.85. The Morgan fingerprint density at radius 1 is 0.841 bits per heavy atom. The number of hydrogen-bond acceptors (Lipinski definition) is 5. The van der Waals surface area contributed by atoms with E-state index in [0.29, 0.717) is 23.7 Å². The van der Waals surface area contributed by atoms with Gasteiger partial charge in [-0.05, 0) is 36.2 Å². The Morgan fingerprint density at radius 2 is 1.52 bits per heavy atom. The van der Waals surface area contributed by atoms with Gasteiger partial charge in [0.25, 0.3) is 5.91 Å². The van der Waals surface area contributed by atoms with E-state index in [-0.39, 0.29) is 36.1 Å². The minimum absolute atomic E-state index is 0.133. The number of hydrogen-bond donors (Lipinski definition) is 1. The summed E-state index contributed by atoms with van der Waals surface area (Å²) in [6, 6.07) is 24.7. The Bertz CT molecular complexity index is 1650. The second-order valence-electron chi connectivity index (χ2n) is 11.6. The molecule has 2 saturated heterocycles. The zero-order valence-electron chi connectivity index (χ0n) is 23.9. The number of anilines is 2. The summed E-state index contributed by atoms with van der Waals surface area (Å²) >= 11 is 8.12. The molecule has 4 aliphatic heterocycles. The molecule has 44 heavy (non-hydrogen) atoms. The number of thioether (sulfide) groups is 1. The van der Waals surface area contributed by atoms with E-state index in [1.165, 1.54) is 11.8 Å². The number of aliphatic hydroxyl groups excluding tert-OH is 1.